The molecule has 9 heavy (non-hydrogen) atoms. The quantitative estimate of drug-likeness (QED) is 0.275. The van der Waals surface area contributed by atoms with Gasteiger partial charge in [-0.3, -0.25) is 0 Å². The minimum absolute atomic E-state index is 0.622. The van der Waals surface area contributed by atoms with Crippen molar-refractivity contribution in [3.63, 3.8) is 0 Å². The van der Waals surface area contributed by atoms with Gasteiger partial charge in [-0.15, -0.1) is 0 Å². The molecule has 0 fully saturated rings. The minimum Gasteiger partial charge on any atom is -0.354 e. The molecule has 0 aromatic carbocycles. The van der Waals surface area contributed by atoms with E-state index in [1.54, 1.807) is 0 Å². The molecule has 0 aromatic rings. The summed E-state index contributed by atoms with van der Waals surface area (Å²) in [6.07, 6.45) is 0. The van der Waals surface area contributed by atoms with Crippen molar-refractivity contribution < 1.29 is 0 Å². The predicted molar refractivity (Wildman–Crippen MR) is 38.3 cm³/mol. The Balaban J connectivity index is 3.32. The molecule has 0 spiro atoms. The lowest BCUT2D eigenvalue weighted by molar-refractivity contribution is -0.0157. The normalized spacial score (nSPS) is 11.2. The molecule has 0 heterocycles. The second-order valence-electron chi connectivity index (χ2n) is 1.77. The standard InChI is InChI=1S/C4H13BN4/c1-6-9(3)8(2)4-7-5/h6-7H,4H2,1-3H3. The Morgan fingerprint density at radius 2 is 2.00 bits per heavy atom. The van der Waals surface area contributed by atoms with Gasteiger partial charge in [-0.05, 0) is 0 Å². The lowest BCUT2D eigenvalue weighted by Gasteiger charge is -2.26. The molecule has 52 valence electrons. The van der Waals surface area contributed by atoms with Crippen LogP contribution in [0.4, 0.5) is 0 Å². The third kappa shape index (κ3) is 3.48. The summed E-state index contributed by atoms with van der Waals surface area (Å²) in [5.74, 6) is 0. The molecule has 2 N–H and O–H groups in total. The van der Waals surface area contributed by atoms with E-state index in [2.05, 4.69) is 10.7 Å². The van der Waals surface area contributed by atoms with Crippen molar-refractivity contribution in [1.29, 1.82) is 0 Å². The first-order valence-corrected chi connectivity index (χ1v) is 2.78. The summed E-state index contributed by atoms with van der Waals surface area (Å²) in [5.41, 5.74) is 2.91. The largest absolute Gasteiger partial charge is 0.354 e. The van der Waals surface area contributed by atoms with Crippen molar-refractivity contribution in [3.05, 3.63) is 0 Å². The van der Waals surface area contributed by atoms with Crippen molar-refractivity contribution in [2.45, 2.75) is 0 Å². The van der Waals surface area contributed by atoms with E-state index in [-0.39, 0.29) is 0 Å². The van der Waals surface area contributed by atoms with E-state index in [0.717, 1.165) is 0 Å². The van der Waals surface area contributed by atoms with Crippen molar-refractivity contribution in [3.8, 4) is 0 Å². The van der Waals surface area contributed by atoms with Gasteiger partial charge in [0.05, 0.1) is 6.67 Å². The third-order valence-corrected chi connectivity index (χ3v) is 1.16. The molecule has 0 saturated carbocycles. The van der Waals surface area contributed by atoms with Crippen LogP contribution in [0.3, 0.4) is 0 Å². The number of rotatable bonds is 4. The molecule has 0 aliphatic carbocycles. The van der Waals surface area contributed by atoms with Gasteiger partial charge in [-0.1, -0.05) is 0 Å². The van der Waals surface area contributed by atoms with Crippen LogP contribution in [0.2, 0.25) is 0 Å². The highest BCUT2D eigenvalue weighted by molar-refractivity contribution is 6.04. The van der Waals surface area contributed by atoms with Crippen molar-refractivity contribution in [2.75, 3.05) is 27.8 Å². The highest BCUT2D eigenvalue weighted by Gasteiger charge is 1.98. The Morgan fingerprint density at radius 1 is 1.44 bits per heavy atom. The second-order valence-corrected chi connectivity index (χ2v) is 1.77. The molecule has 2 radical (unpaired) electrons. The van der Waals surface area contributed by atoms with E-state index in [9.17, 15) is 0 Å². The molecule has 0 bridgehead atoms. The summed E-state index contributed by atoms with van der Waals surface area (Å²) in [6, 6.07) is 0. The van der Waals surface area contributed by atoms with E-state index in [4.69, 9.17) is 7.98 Å². The average molecular weight is 128 g/mol. The predicted octanol–water partition coefficient (Wildman–Crippen LogP) is -1.47. The zero-order chi connectivity index (χ0) is 7.28. The van der Waals surface area contributed by atoms with Gasteiger partial charge in [0.1, 0.15) is 0 Å². The fraction of sp³-hybridized carbons (Fsp3) is 1.00. The van der Waals surface area contributed by atoms with Crippen molar-refractivity contribution in [2.24, 2.45) is 0 Å². The fourth-order valence-corrected chi connectivity index (χ4v) is 0.409. The van der Waals surface area contributed by atoms with Crippen molar-refractivity contribution >= 4 is 7.98 Å². The topological polar surface area (TPSA) is 30.5 Å². The first kappa shape index (κ1) is 8.90. The molecule has 0 unspecified atom stereocenters. The molecule has 0 aliphatic rings. The van der Waals surface area contributed by atoms with Crippen LogP contribution >= 0.6 is 0 Å². The zero-order valence-corrected chi connectivity index (χ0v) is 6.18. The highest BCUT2D eigenvalue weighted by Crippen LogP contribution is 1.78. The number of nitrogens with zero attached hydrogens (tertiary/aromatic N) is 2. The lowest BCUT2D eigenvalue weighted by atomic mass is 10.4. The van der Waals surface area contributed by atoms with E-state index in [1.165, 1.54) is 0 Å². The Morgan fingerprint density at radius 3 is 2.33 bits per heavy atom. The first-order chi connectivity index (χ1) is 4.22. The number of hydrogen-bond donors (Lipinski definition) is 2. The Labute approximate surface area is 57.6 Å². The van der Waals surface area contributed by atoms with Gasteiger partial charge < -0.3 is 5.23 Å². The third-order valence-electron chi connectivity index (χ3n) is 1.16. The SMILES string of the molecule is [B]NCN(C)N(C)NC. The minimum atomic E-state index is 0.622. The van der Waals surface area contributed by atoms with E-state index in [1.807, 2.05) is 31.3 Å². The van der Waals surface area contributed by atoms with Crippen LogP contribution in [0.15, 0.2) is 0 Å². The first-order valence-electron chi connectivity index (χ1n) is 2.78. The number of nitrogens with one attached hydrogen (secondary N) is 2. The number of hydrogen-bond acceptors (Lipinski definition) is 4. The smallest absolute Gasteiger partial charge is 0.179 e. The number of hydrazine groups is 2. The maximum atomic E-state index is 5.08. The van der Waals surface area contributed by atoms with Gasteiger partial charge in [0.2, 0.25) is 0 Å². The summed E-state index contributed by atoms with van der Waals surface area (Å²) in [7, 11) is 10.7. The maximum Gasteiger partial charge on any atom is 0.179 e. The molecule has 0 amide bonds. The molecule has 5 heteroatoms. The van der Waals surface area contributed by atoms with E-state index >= 15 is 0 Å². The van der Waals surface area contributed by atoms with Gasteiger partial charge in [0.15, 0.2) is 7.98 Å². The van der Waals surface area contributed by atoms with Gasteiger partial charge in [-0.25, -0.2) is 10.4 Å². The van der Waals surface area contributed by atoms with Crippen LogP contribution in [-0.2, 0) is 0 Å². The molecule has 0 aromatic heterocycles. The van der Waals surface area contributed by atoms with Gasteiger partial charge in [0.25, 0.3) is 0 Å². The molecular weight excluding hydrogens is 115 g/mol. The average Bonchev–Trinajstić information content (AvgIpc) is 1.87. The summed E-state index contributed by atoms with van der Waals surface area (Å²) >= 11 is 0. The molecule has 0 saturated heterocycles. The van der Waals surface area contributed by atoms with Gasteiger partial charge in [0, 0.05) is 21.1 Å². The zero-order valence-electron chi connectivity index (χ0n) is 6.18. The Kier molecular flexibility index (Phi) is 4.70. The van der Waals surface area contributed by atoms with Crippen LogP contribution in [0, 0.1) is 0 Å². The van der Waals surface area contributed by atoms with Crippen LogP contribution in [0.5, 0.6) is 0 Å². The van der Waals surface area contributed by atoms with Crippen LogP contribution < -0.4 is 10.7 Å². The monoisotopic (exact) mass is 128 g/mol. The summed E-state index contributed by atoms with van der Waals surface area (Å²) < 4.78 is 0. The van der Waals surface area contributed by atoms with Crippen LogP contribution in [-0.4, -0.2) is 45.9 Å². The fourth-order valence-electron chi connectivity index (χ4n) is 0.409. The lowest BCUT2D eigenvalue weighted by Crippen LogP contribution is -2.47. The summed E-state index contributed by atoms with van der Waals surface area (Å²) in [5, 5.41) is 6.24. The molecule has 0 atom stereocenters. The van der Waals surface area contributed by atoms with E-state index in [0.29, 0.717) is 6.67 Å². The van der Waals surface area contributed by atoms with Crippen molar-refractivity contribution in [1.82, 2.24) is 20.8 Å². The Bertz CT molecular complexity index is 69.6. The van der Waals surface area contributed by atoms with Gasteiger partial charge >= 0.3 is 0 Å². The highest BCUT2D eigenvalue weighted by atomic mass is 15.8. The Hall–Kier alpha value is -0.0951. The molecule has 0 rings (SSSR count). The van der Waals surface area contributed by atoms with Crippen LogP contribution in [0.1, 0.15) is 0 Å². The summed E-state index contributed by atoms with van der Waals surface area (Å²) in [4.78, 5) is 0. The summed E-state index contributed by atoms with van der Waals surface area (Å²) in [6.45, 7) is 0.622. The van der Waals surface area contributed by atoms with Gasteiger partial charge in [-0.2, -0.15) is 5.12 Å². The second kappa shape index (κ2) is 4.75. The molecule has 0 aliphatic heterocycles. The van der Waals surface area contributed by atoms with Crippen LogP contribution in [0.25, 0.3) is 0 Å². The maximum absolute atomic E-state index is 5.08. The molecular formula is C4H13BN4. The molecule has 4 nitrogen and oxygen atoms in total. The van der Waals surface area contributed by atoms with E-state index < -0.39 is 0 Å².